The molecule has 0 unspecified atom stereocenters. The molecule has 0 aromatic rings. The zero-order chi connectivity index (χ0) is 15.0. The number of hydrogen-bond acceptors (Lipinski definition) is 3. The normalized spacial score (nSPS) is 21.9. The van der Waals surface area contributed by atoms with Crippen molar-refractivity contribution >= 4 is 12.0 Å². The van der Waals surface area contributed by atoms with Crippen LogP contribution in [-0.4, -0.2) is 54.2 Å². The minimum absolute atomic E-state index is 0.00104. The first kappa shape index (κ1) is 16.8. The fraction of sp³-hybridized carbons (Fsp3) is 0.857. The Kier molecular flexibility index (Phi) is 7.36. The summed E-state index contributed by atoms with van der Waals surface area (Å²) in [7, 11) is 0. The molecule has 1 aliphatic rings. The fourth-order valence-corrected chi connectivity index (χ4v) is 2.62. The predicted molar refractivity (Wildman–Crippen MR) is 77.7 cm³/mol. The molecule has 20 heavy (non-hydrogen) atoms. The van der Waals surface area contributed by atoms with Crippen LogP contribution >= 0.6 is 0 Å². The molecule has 0 saturated heterocycles. The lowest BCUT2D eigenvalue weighted by Gasteiger charge is -2.18. The van der Waals surface area contributed by atoms with Crippen LogP contribution in [-0.2, 0) is 4.79 Å². The number of aliphatic carboxylic acids is 1. The van der Waals surface area contributed by atoms with Crippen LogP contribution in [0.25, 0.3) is 0 Å². The van der Waals surface area contributed by atoms with E-state index in [0.29, 0.717) is 19.4 Å². The van der Waals surface area contributed by atoms with Crippen LogP contribution in [0.5, 0.6) is 0 Å². The number of hydrogen-bond donors (Lipinski definition) is 3. The van der Waals surface area contributed by atoms with Gasteiger partial charge < -0.3 is 20.6 Å². The molecule has 2 amide bonds. The van der Waals surface area contributed by atoms with Crippen molar-refractivity contribution in [3.63, 3.8) is 0 Å². The second-order valence-electron chi connectivity index (χ2n) is 5.33. The third kappa shape index (κ3) is 5.77. The quantitative estimate of drug-likeness (QED) is 0.587. The molecule has 0 heterocycles. The number of nitrogens with zero attached hydrogens (tertiary/aromatic N) is 1. The lowest BCUT2D eigenvalue weighted by Crippen LogP contribution is -2.42. The molecule has 1 aliphatic carbocycles. The minimum atomic E-state index is -0.756. The smallest absolute Gasteiger partial charge is 0.315 e. The fourth-order valence-electron chi connectivity index (χ4n) is 2.62. The summed E-state index contributed by atoms with van der Waals surface area (Å²) < 4.78 is 0. The lowest BCUT2D eigenvalue weighted by atomic mass is 10.1. The van der Waals surface area contributed by atoms with E-state index in [9.17, 15) is 9.59 Å². The van der Waals surface area contributed by atoms with Crippen molar-refractivity contribution in [1.82, 2.24) is 15.5 Å². The van der Waals surface area contributed by atoms with Crippen LogP contribution in [0.3, 0.4) is 0 Å². The van der Waals surface area contributed by atoms with Crippen molar-refractivity contribution in [2.75, 3.05) is 26.2 Å². The van der Waals surface area contributed by atoms with Gasteiger partial charge in [0.1, 0.15) is 0 Å². The Bertz CT molecular complexity index is 319. The van der Waals surface area contributed by atoms with Gasteiger partial charge in [-0.2, -0.15) is 0 Å². The molecule has 116 valence electrons. The molecule has 0 aromatic carbocycles. The van der Waals surface area contributed by atoms with Crippen molar-refractivity contribution in [3.05, 3.63) is 0 Å². The number of carbonyl (C=O) groups excluding carboxylic acids is 1. The Morgan fingerprint density at radius 2 is 1.95 bits per heavy atom. The van der Waals surface area contributed by atoms with Gasteiger partial charge in [0.15, 0.2) is 0 Å². The van der Waals surface area contributed by atoms with E-state index in [0.717, 1.165) is 32.5 Å². The van der Waals surface area contributed by atoms with Gasteiger partial charge in [-0.3, -0.25) is 4.79 Å². The first-order valence-corrected chi connectivity index (χ1v) is 7.56. The van der Waals surface area contributed by atoms with Crippen molar-refractivity contribution in [1.29, 1.82) is 0 Å². The summed E-state index contributed by atoms with van der Waals surface area (Å²) in [6.07, 6.45) is 2.88. The number of carboxylic acid groups (broad SMARTS) is 1. The number of urea groups is 1. The summed E-state index contributed by atoms with van der Waals surface area (Å²) in [4.78, 5) is 24.8. The number of nitrogens with one attached hydrogen (secondary N) is 2. The molecule has 6 nitrogen and oxygen atoms in total. The minimum Gasteiger partial charge on any atom is -0.481 e. The number of carboxylic acids is 1. The van der Waals surface area contributed by atoms with Gasteiger partial charge >= 0.3 is 12.0 Å². The van der Waals surface area contributed by atoms with Crippen molar-refractivity contribution in [3.8, 4) is 0 Å². The highest BCUT2D eigenvalue weighted by atomic mass is 16.4. The van der Waals surface area contributed by atoms with Gasteiger partial charge in [0.2, 0.25) is 0 Å². The summed E-state index contributed by atoms with van der Waals surface area (Å²) in [5.74, 6) is -1.06. The Labute approximate surface area is 120 Å². The summed E-state index contributed by atoms with van der Waals surface area (Å²) in [5.41, 5.74) is 0. The summed E-state index contributed by atoms with van der Waals surface area (Å²) >= 11 is 0. The Morgan fingerprint density at radius 3 is 2.50 bits per heavy atom. The number of rotatable bonds is 8. The number of amides is 2. The van der Waals surface area contributed by atoms with Crippen molar-refractivity contribution in [2.45, 2.75) is 45.6 Å². The number of carbonyl (C=O) groups is 2. The maximum atomic E-state index is 11.7. The van der Waals surface area contributed by atoms with Gasteiger partial charge in [0.25, 0.3) is 0 Å². The highest BCUT2D eigenvalue weighted by Crippen LogP contribution is 2.25. The molecular weight excluding hydrogens is 258 g/mol. The first-order valence-electron chi connectivity index (χ1n) is 7.56. The molecule has 0 aromatic heterocycles. The van der Waals surface area contributed by atoms with Gasteiger partial charge in [-0.1, -0.05) is 13.8 Å². The standard InChI is InChI=1S/C14H27N3O3/c1-3-17(4-2)9-5-8-15-14(20)16-12-7-6-11(10-12)13(18)19/h11-12H,3-10H2,1-2H3,(H,18,19)(H2,15,16,20)/t11-,12+/m1/s1. The van der Waals surface area contributed by atoms with E-state index < -0.39 is 5.97 Å². The van der Waals surface area contributed by atoms with Gasteiger partial charge in [-0.25, -0.2) is 4.79 Å². The average molecular weight is 285 g/mol. The molecule has 3 N–H and O–H groups in total. The van der Waals surface area contributed by atoms with E-state index in [1.807, 2.05) is 0 Å². The molecule has 0 radical (unpaired) electrons. The van der Waals surface area contributed by atoms with E-state index in [1.54, 1.807) is 0 Å². The van der Waals surface area contributed by atoms with E-state index in [1.165, 1.54) is 0 Å². The van der Waals surface area contributed by atoms with E-state index in [4.69, 9.17) is 5.11 Å². The zero-order valence-corrected chi connectivity index (χ0v) is 12.5. The molecular formula is C14H27N3O3. The summed E-state index contributed by atoms with van der Waals surface area (Å²) in [6.45, 7) is 7.95. The van der Waals surface area contributed by atoms with E-state index >= 15 is 0 Å². The molecule has 1 fully saturated rings. The lowest BCUT2D eigenvalue weighted by molar-refractivity contribution is -0.141. The summed E-state index contributed by atoms with van der Waals surface area (Å²) in [5, 5.41) is 14.6. The molecule has 0 spiro atoms. The molecule has 0 aliphatic heterocycles. The Balaban J connectivity index is 2.11. The first-order chi connectivity index (χ1) is 9.56. The summed E-state index contributed by atoms with van der Waals surface area (Å²) in [6, 6.07) is -0.181. The molecule has 1 saturated carbocycles. The third-order valence-electron chi connectivity index (χ3n) is 3.95. The SMILES string of the molecule is CCN(CC)CCCNC(=O)N[C@H]1CC[C@@H](C(=O)O)C1. The molecule has 1 rings (SSSR count). The van der Waals surface area contributed by atoms with Crippen LogP contribution in [0.1, 0.15) is 39.5 Å². The van der Waals surface area contributed by atoms with Gasteiger partial charge in [-0.15, -0.1) is 0 Å². The van der Waals surface area contributed by atoms with Crippen LogP contribution in [0.4, 0.5) is 4.79 Å². The highest BCUT2D eigenvalue weighted by molar-refractivity contribution is 5.75. The molecule has 0 bridgehead atoms. The van der Waals surface area contributed by atoms with Crippen molar-refractivity contribution in [2.24, 2.45) is 5.92 Å². The van der Waals surface area contributed by atoms with Gasteiger partial charge in [0, 0.05) is 12.6 Å². The van der Waals surface area contributed by atoms with Crippen LogP contribution < -0.4 is 10.6 Å². The van der Waals surface area contributed by atoms with E-state index in [2.05, 4.69) is 29.4 Å². The van der Waals surface area contributed by atoms with Gasteiger partial charge in [0.05, 0.1) is 5.92 Å². The second-order valence-corrected chi connectivity index (χ2v) is 5.33. The monoisotopic (exact) mass is 285 g/mol. The average Bonchev–Trinajstić information content (AvgIpc) is 2.87. The van der Waals surface area contributed by atoms with Crippen molar-refractivity contribution < 1.29 is 14.7 Å². The topological polar surface area (TPSA) is 81.7 Å². The second kappa shape index (κ2) is 8.79. The van der Waals surface area contributed by atoms with Crippen LogP contribution in [0, 0.1) is 5.92 Å². The van der Waals surface area contributed by atoms with Crippen LogP contribution in [0.15, 0.2) is 0 Å². The molecule has 6 heteroatoms. The molecule has 2 atom stereocenters. The third-order valence-corrected chi connectivity index (χ3v) is 3.95. The largest absolute Gasteiger partial charge is 0.481 e. The Morgan fingerprint density at radius 1 is 1.25 bits per heavy atom. The maximum Gasteiger partial charge on any atom is 0.315 e. The predicted octanol–water partition coefficient (Wildman–Crippen LogP) is 1.27. The Hall–Kier alpha value is -1.30. The van der Waals surface area contributed by atoms with Gasteiger partial charge in [-0.05, 0) is 45.3 Å². The van der Waals surface area contributed by atoms with E-state index in [-0.39, 0.29) is 18.0 Å². The highest BCUT2D eigenvalue weighted by Gasteiger charge is 2.30. The maximum absolute atomic E-state index is 11.7. The zero-order valence-electron chi connectivity index (χ0n) is 12.5. The van der Waals surface area contributed by atoms with Crippen LogP contribution in [0.2, 0.25) is 0 Å².